The largest absolute Gasteiger partial charge is 0.301 e. The molecule has 1 aliphatic rings. The standard InChI is InChI=1S/C18H21N5OS/c1-13-5-6-15-16(10-13)25-18(20-15)21-17(24)12-22-8-2-4-14(22)11-23-9-3-7-19-23/h3,5-7,9-10,14H,2,4,8,11-12H2,1H3,(H,20,21,24). The highest BCUT2D eigenvalue weighted by atomic mass is 32.1. The van der Waals surface area contributed by atoms with Gasteiger partial charge in [-0.25, -0.2) is 4.98 Å². The third-order valence-electron chi connectivity index (χ3n) is 4.59. The fourth-order valence-corrected chi connectivity index (χ4v) is 4.34. The van der Waals surface area contributed by atoms with E-state index in [2.05, 4.69) is 33.3 Å². The molecule has 1 aliphatic heterocycles. The van der Waals surface area contributed by atoms with Gasteiger partial charge >= 0.3 is 0 Å². The molecule has 0 spiro atoms. The molecule has 0 bridgehead atoms. The lowest BCUT2D eigenvalue weighted by Gasteiger charge is -2.23. The molecule has 1 saturated heterocycles. The van der Waals surface area contributed by atoms with Crippen LogP contribution in [0.5, 0.6) is 0 Å². The number of nitrogens with zero attached hydrogens (tertiary/aromatic N) is 4. The zero-order valence-corrected chi connectivity index (χ0v) is 15.0. The predicted molar refractivity (Wildman–Crippen MR) is 99.8 cm³/mol. The molecule has 1 N–H and O–H groups in total. The van der Waals surface area contributed by atoms with Crippen LogP contribution < -0.4 is 5.32 Å². The van der Waals surface area contributed by atoms with Gasteiger partial charge in [0.25, 0.3) is 0 Å². The molecule has 0 saturated carbocycles. The number of aromatic nitrogens is 3. The van der Waals surface area contributed by atoms with Crippen molar-refractivity contribution in [3.05, 3.63) is 42.2 Å². The van der Waals surface area contributed by atoms with Gasteiger partial charge in [0.05, 0.1) is 23.3 Å². The van der Waals surface area contributed by atoms with Crippen molar-refractivity contribution in [3.63, 3.8) is 0 Å². The first-order valence-corrected chi connectivity index (χ1v) is 9.37. The molecule has 3 heterocycles. The minimum atomic E-state index is 0.00291. The van der Waals surface area contributed by atoms with E-state index >= 15 is 0 Å². The zero-order valence-electron chi connectivity index (χ0n) is 14.2. The Bertz CT molecular complexity index is 873. The van der Waals surface area contributed by atoms with Crippen LogP contribution in [0.4, 0.5) is 5.13 Å². The Kier molecular flexibility index (Phi) is 4.50. The fourth-order valence-electron chi connectivity index (χ4n) is 3.36. The number of fused-ring (bicyclic) bond motifs is 1. The van der Waals surface area contributed by atoms with E-state index in [-0.39, 0.29) is 5.91 Å². The van der Waals surface area contributed by atoms with E-state index in [0.717, 1.165) is 36.1 Å². The zero-order chi connectivity index (χ0) is 17.2. The summed E-state index contributed by atoms with van der Waals surface area (Å²) < 4.78 is 3.05. The highest BCUT2D eigenvalue weighted by Crippen LogP contribution is 2.27. The van der Waals surface area contributed by atoms with Gasteiger partial charge in [-0.15, -0.1) is 0 Å². The number of hydrogen-bond donors (Lipinski definition) is 1. The second-order valence-corrected chi connectivity index (χ2v) is 7.56. The fraction of sp³-hybridized carbons (Fsp3) is 0.389. The second-order valence-electron chi connectivity index (χ2n) is 6.53. The second kappa shape index (κ2) is 6.93. The molecular formula is C18H21N5OS. The van der Waals surface area contributed by atoms with Crippen LogP contribution in [0.3, 0.4) is 0 Å². The smallest absolute Gasteiger partial charge is 0.240 e. The molecule has 0 aliphatic carbocycles. The SMILES string of the molecule is Cc1ccc2nc(NC(=O)CN3CCCC3Cn3cccn3)sc2c1. The first-order chi connectivity index (χ1) is 12.2. The molecule has 6 nitrogen and oxygen atoms in total. The molecule has 2 aromatic heterocycles. The van der Waals surface area contributed by atoms with Crippen molar-refractivity contribution < 1.29 is 4.79 Å². The van der Waals surface area contributed by atoms with Crippen molar-refractivity contribution in [2.24, 2.45) is 0 Å². The number of likely N-dealkylation sites (tertiary alicyclic amines) is 1. The molecule has 4 rings (SSSR count). The molecule has 25 heavy (non-hydrogen) atoms. The normalized spacial score (nSPS) is 18.0. The molecule has 7 heteroatoms. The average Bonchev–Trinajstić information content (AvgIpc) is 3.29. The molecule has 1 atom stereocenters. The Balaban J connectivity index is 1.38. The van der Waals surface area contributed by atoms with Gasteiger partial charge in [-0.3, -0.25) is 14.4 Å². The van der Waals surface area contributed by atoms with Crippen molar-refractivity contribution in [1.29, 1.82) is 0 Å². The maximum atomic E-state index is 12.5. The maximum absolute atomic E-state index is 12.5. The van der Waals surface area contributed by atoms with E-state index < -0.39 is 0 Å². The molecule has 1 fully saturated rings. The summed E-state index contributed by atoms with van der Waals surface area (Å²) in [5.41, 5.74) is 2.14. The van der Waals surface area contributed by atoms with Crippen molar-refractivity contribution in [1.82, 2.24) is 19.7 Å². The van der Waals surface area contributed by atoms with E-state index in [9.17, 15) is 4.79 Å². The molecular weight excluding hydrogens is 334 g/mol. The Labute approximate surface area is 150 Å². The molecule has 0 radical (unpaired) electrons. The van der Waals surface area contributed by atoms with Gasteiger partial charge in [-0.1, -0.05) is 17.4 Å². The Morgan fingerprint density at radius 3 is 3.20 bits per heavy atom. The third-order valence-corrected chi connectivity index (χ3v) is 5.53. The van der Waals surface area contributed by atoms with Crippen LogP contribution in [0.25, 0.3) is 10.2 Å². The molecule has 130 valence electrons. The number of carbonyl (C=O) groups is 1. The summed E-state index contributed by atoms with van der Waals surface area (Å²) in [5, 5.41) is 7.91. The maximum Gasteiger partial charge on any atom is 0.240 e. The van der Waals surface area contributed by atoms with Crippen LogP contribution in [0.15, 0.2) is 36.7 Å². The Morgan fingerprint density at radius 2 is 2.36 bits per heavy atom. The summed E-state index contributed by atoms with van der Waals surface area (Å²) in [4.78, 5) is 19.2. The average molecular weight is 355 g/mol. The Hall–Kier alpha value is -2.25. The monoisotopic (exact) mass is 355 g/mol. The van der Waals surface area contributed by atoms with Crippen molar-refractivity contribution in [2.45, 2.75) is 32.4 Å². The lowest BCUT2D eigenvalue weighted by atomic mass is 10.2. The van der Waals surface area contributed by atoms with Crippen molar-refractivity contribution in [3.8, 4) is 0 Å². The number of rotatable bonds is 5. The number of thiazole rings is 1. The quantitative estimate of drug-likeness (QED) is 0.764. The lowest BCUT2D eigenvalue weighted by Crippen LogP contribution is -2.39. The van der Waals surface area contributed by atoms with Gasteiger partial charge in [-0.05, 0) is 50.1 Å². The molecule has 1 aromatic carbocycles. The van der Waals surface area contributed by atoms with Crippen LogP contribution in [0, 0.1) is 6.92 Å². The van der Waals surface area contributed by atoms with Crippen LogP contribution >= 0.6 is 11.3 Å². The molecule has 1 unspecified atom stereocenters. The number of nitrogens with one attached hydrogen (secondary N) is 1. The van der Waals surface area contributed by atoms with E-state index in [1.54, 1.807) is 6.20 Å². The minimum absolute atomic E-state index is 0.00291. The Morgan fingerprint density at radius 1 is 1.44 bits per heavy atom. The number of carbonyl (C=O) groups excluding carboxylic acids is 1. The van der Waals surface area contributed by atoms with E-state index in [1.807, 2.05) is 29.1 Å². The van der Waals surface area contributed by atoms with Crippen LogP contribution in [0.1, 0.15) is 18.4 Å². The van der Waals surface area contributed by atoms with Crippen molar-refractivity contribution in [2.75, 3.05) is 18.4 Å². The van der Waals surface area contributed by atoms with E-state index in [4.69, 9.17) is 0 Å². The van der Waals surface area contributed by atoms with Gasteiger partial charge in [0.1, 0.15) is 0 Å². The lowest BCUT2D eigenvalue weighted by molar-refractivity contribution is -0.117. The topological polar surface area (TPSA) is 63.1 Å². The van der Waals surface area contributed by atoms with Crippen LogP contribution in [-0.2, 0) is 11.3 Å². The number of benzene rings is 1. The summed E-state index contributed by atoms with van der Waals surface area (Å²) in [6.45, 7) is 4.25. The summed E-state index contributed by atoms with van der Waals surface area (Å²) in [6, 6.07) is 8.43. The van der Waals surface area contributed by atoms with Crippen LogP contribution in [0.2, 0.25) is 0 Å². The molecule has 3 aromatic rings. The number of amides is 1. The van der Waals surface area contributed by atoms with Crippen molar-refractivity contribution >= 4 is 32.6 Å². The van der Waals surface area contributed by atoms with Crippen LogP contribution in [-0.4, -0.2) is 44.7 Å². The van der Waals surface area contributed by atoms with Gasteiger partial charge in [0, 0.05) is 18.4 Å². The highest BCUT2D eigenvalue weighted by molar-refractivity contribution is 7.22. The number of aryl methyl sites for hydroxylation is 1. The summed E-state index contributed by atoms with van der Waals surface area (Å²) >= 11 is 1.53. The summed E-state index contributed by atoms with van der Waals surface area (Å²) in [5.74, 6) is 0.00291. The van der Waals surface area contributed by atoms with Gasteiger partial charge < -0.3 is 5.32 Å². The van der Waals surface area contributed by atoms with E-state index in [0.29, 0.717) is 17.7 Å². The third kappa shape index (κ3) is 3.72. The predicted octanol–water partition coefficient (Wildman–Crippen LogP) is 2.90. The highest BCUT2D eigenvalue weighted by Gasteiger charge is 2.26. The first kappa shape index (κ1) is 16.2. The van der Waals surface area contributed by atoms with Gasteiger partial charge in [0.2, 0.25) is 5.91 Å². The summed E-state index contributed by atoms with van der Waals surface area (Å²) in [7, 11) is 0. The minimum Gasteiger partial charge on any atom is -0.301 e. The summed E-state index contributed by atoms with van der Waals surface area (Å²) in [6.07, 6.45) is 5.99. The number of hydrogen-bond acceptors (Lipinski definition) is 5. The number of anilines is 1. The van der Waals surface area contributed by atoms with E-state index in [1.165, 1.54) is 16.9 Å². The molecule has 1 amide bonds. The van der Waals surface area contributed by atoms with Gasteiger partial charge in [0.15, 0.2) is 5.13 Å². The van der Waals surface area contributed by atoms with Gasteiger partial charge in [-0.2, -0.15) is 5.10 Å². The first-order valence-electron chi connectivity index (χ1n) is 8.56.